The molecule has 1 aliphatic rings. The molecule has 4 nitrogen and oxygen atoms in total. The van der Waals surface area contributed by atoms with Crippen molar-refractivity contribution in [3.63, 3.8) is 0 Å². The molecule has 0 radical (unpaired) electrons. The van der Waals surface area contributed by atoms with E-state index in [-0.39, 0.29) is 17.1 Å². The molecule has 1 aliphatic carbocycles. The van der Waals surface area contributed by atoms with Crippen molar-refractivity contribution in [3.8, 4) is 22.6 Å². The SMILES string of the molecule is CCCCCc1ccc(-c2ccc(OC(=O)c3ccc(OC(=O)[C@@H]4CC4(C(F)(F)F)C(F)(F)F)cc3)cc2)cc1. The molecule has 1 fully saturated rings. The van der Waals surface area contributed by atoms with Crippen LogP contribution in [0.5, 0.6) is 11.5 Å². The lowest BCUT2D eigenvalue weighted by atomic mass is 10.0. The first-order valence-corrected chi connectivity index (χ1v) is 12.7. The highest BCUT2D eigenvalue weighted by Gasteiger charge is 2.86. The van der Waals surface area contributed by atoms with Crippen LogP contribution in [0.4, 0.5) is 26.3 Å². The Bertz CT molecular complexity index is 1310. The van der Waals surface area contributed by atoms with Crippen molar-refractivity contribution in [3.05, 3.63) is 83.9 Å². The van der Waals surface area contributed by atoms with Crippen LogP contribution in [0.1, 0.15) is 48.5 Å². The molecule has 1 saturated carbocycles. The Kier molecular flexibility index (Phi) is 8.28. The lowest BCUT2D eigenvalue weighted by Crippen LogP contribution is -2.42. The van der Waals surface area contributed by atoms with Gasteiger partial charge in [-0.15, -0.1) is 0 Å². The highest BCUT2D eigenvalue weighted by Crippen LogP contribution is 2.70. The first-order valence-electron chi connectivity index (χ1n) is 12.7. The summed E-state index contributed by atoms with van der Waals surface area (Å²) in [7, 11) is 0. The van der Waals surface area contributed by atoms with Crippen LogP contribution >= 0.6 is 0 Å². The van der Waals surface area contributed by atoms with Crippen LogP contribution in [0, 0.1) is 11.3 Å². The van der Waals surface area contributed by atoms with E-state index in [4.69, 9.17) is 9.47 Å². The molecular weight excluding hydrogens is 538 g/mol. The largest absolute Gasteiger partial charge is 0.426 e. The van der Waals surface area contributed by atoms with Crippen LogP contribution < -0.4 is 9.47 Å². The van der Waals surface area contributed by atoms with Crippen molar-refractivity contribution in [2.75, 3.05) is 0 Å². The molecule has 0 bridgehead atoms. The van der Waals surface area contributed by atoms with E-state index in [1.54, 1.807) is 24.3 Å². The second kappa shape index (κ2) is 11.3. The van der Waals surface area contributed by atoms with Crippen molar-refractivity contribution in [2.45, 2.75) is 51.4 Å². The van der Waals surface area contributed by atoms with Crippen molar-refractivity contribution in [1.82, 2.24) is 0 Å². The quantitative estimate of drug-likeness (QED) is 0.113. The number of unbranched alkanes of at least 4 members (excludes halogenated alkanes) is 2. The number of alkyl halides is 6. The molecule has 0 heterocycles. The number of aryl methyl sites for hydroxylation is 1. The van der Waals surface area contributed by atoms with Gasteiger partial charge in [-0.3, -0.25) is 4.79 Å². The monoisotopic (exact) mass is 564 g/mol. The molecule has 0 spiro atoms. The molecule has 3 aromatic rings. The molecule has 10 heteroatoms. The number of carbonyl (C=O) groups excluding carboxylic acids is 2. The summed E-state index contributed by atoms with van der Waals surface area (Å²) in [5.41, 5.74) is -0.854. The maximum atomic E-state index is 13.1. The van der Waals surface area contributed by atoms with Crippen LogP contribution in [0.3, 0.4) is 0 Å². The van der Waals surface area contributed by atoms with Gasteiger partial charge in [-0.2, -0.15) is 26.3 Å². The van der Waals surface area contributed by atoms with Crippen molar-refractivity contribution < 1.29 is 45.4 Å². The Morgan fingerprint density at radius 1 is 0.750 bits per heavy atom. The van der Waals surface area contributed by atoms with Gasteiger partial charge in [0.05, 0.1) is 11.5 Å². The first kappa shape index (κ1) is 29.2. The molecule has 0 N–H and O–H groups in total. The zero-order chi connectivity index (χ0) is 29.1. The molecule has 1 atom stereocenters. The second-order valence-corrected chi connectivity index (χ2v) is 9.74. The third-order valence-electron chi connectivity index (χ3n) is 6.99. The molecule has 0 saturated heterocycles. The molecule has 0 aromatic heterocycles. The van der Waals surface area contributed by atoms with E-state index >= 15 is 0 Å². The summed E-state index contributed by atoms with van der Waals surface area (Å²) in [6.07, 6.45) is -8.17. The summed E-state index contributed by atoms with van der Waals surface area (Å²) >= 11 is 0. The second-order valence-electron chi connectivity index (χ2n) is 9.74. The standard InChI is InChI=1S/C30H26F6O4/c1-2-3-4-5-19-6-8-20(9-7-19)21-10-14-23(15-11-21)39-26(37)22-12-16-24(17-13-22)40-27(38)25-18-28(25,29(31,32)33)30(34,35)36/h6-17,25H,2-5,18H2,1H3/t25-/m0/s1. The van der Waals surface area contributed by atoms with Crippen LogP contribution in [0.25, 0.3) is 11.1 Å². The van der Waals surface area contributed by atoms with Crippen LogP contribution in [-0.2, 0) is 11.2 Å². The maximum absolute atomic E-state index is 13.1. The summed E-state index contributed by atoms with van der Waals surface area (Å²) in [6, 6.07) is 19.7. The number of benzene rings is 3. The van der Waals surface area contributed by atoms with E-state index in [2.05, 4.69) is 19.1 Å². The predicted octanol–water partition coefficient (Wildman–Crippen LogP) is 8.34. The number of ether oxygens (including phenoxy) is 2. The van der Waals surface area contributed by atoms with Gasteiger partial charge in [0.25, 0.3) is 0 Å². The number of rotatable bonds is 9. The van der Waals surface area contributed by atoms with Gasteiger partial charge < -0.3 is 9.47 Å². The first-order chi connectivity index (χ1) is 18.9. The average molecular weight is 565 g/mol. The van der Waals surface area contributed by atoms with Crippen LogP contribution in [0.15, 0.2) is 72.8 Å². The zero-order valence-electron chi connectivity index (χ0n) is 21.4. The molecule has 0 amide bonds. The van der Waals surface area contributed by atoms with Gasteiger partial charge in [-0.1, -0.05) is 56.2 Å². The lowest BCUT2D eigenvalue weighted by molar-refractivity contribution is -0.305. The number of halogens is 6. The van der Waals surface area contributed by atoms with Crippen molar-refractivity contribution >= 4 is 11.9 Å². The van der Waals surface area contributed by atoms with Gasteiger partial charge in [-0.25, -0.2) is 4.79 Å². The fourth-order valence-electron chi connectivity index (χ4n) is 4.51. The number of esters is 2. The zero-order valence-corrected chi connectivity index (χ0v) is 21.4. The fourth-order valence-corrected chi connectivity index (χ4v) is 4.51. The van der Waals surface area contributed by atoms with E-state index < -0.39 is 42.0 Å². The summed E-state index contributed by atoms with van der Waals surface area (Å²) < 4.78 is 88.4. The molecule has 40 heavy (non-hydrogen) atoms. The molecule has 4 rings (SSSR count). The molecule has 3 aromatic carbocycles. The molecular formula is C30H26F6O4. The molecule has 212 valence electrons. The Hall–Kier alpha value is -3.82. The topological polar surface area (TPSA) is 52.6 Å². The summed E-state index contributed by atoms with van der Waals surface area (Å²) in [4.78, 5) is 24.5. The Morgan fingerprint density at radius 3 is 1.75 bits per heavy atom. The summed E-state index contributed by atoms with van der Waals surface area (Å²) in [5, 5.41) is 0. The fraction of sp³-hybridized carbons (Fsp3) is 0.333. The highest BCUT2D eigenvalue weighted by atomic mass is 19.4. The van der Waals surface area contributed by atoms with Gasteiger partial charge in [-0.05, 0) is 72.4 Å². The minimum Gasteiger partial charge on any atom is -0.426 e. The smallest absolute Gasteiger partial charge is 0.404 e. The maximum Gasteiger partial charge on any atom is 0.404 e. The third kappa shape index (κ3) is 6.16. The van der Waals surface area contributed by atoms with Gasteiger partial charge in [0.1, 0.15) is 11.5 Å². The number of hydrogen-bond donors (Lipinski definition) is 0. The Morgan fingerprint density at radius 2 is 1.25 bits per heavy atom. The number of carbonyl (C=O) groups is 2. The highest BCUT2D eigenvalue weighted by molar-refractivity contribution is 5.91. The van der Waals surface area contributed by atoms with Gasteiger partial charge >= 0.3 is 24.3 Å². The molecule has 0 unspecified atom stereocenters. The van der Waals surface area contributed by atoms with Crippen LogP contribution in [-0.4, -0.2) is 24.3 Å². The van der Waals surface area contributed by atoms with E-state index in [9.17, 15) is 35.9 Å². The normalized spacial score (nSPS) is 16.3. The minimum atomic E-state index is -5.64. The van der Waals surface area contributed by atoms with Gasteiger partial charge in [0.2, 0.25) is 0 Å². The van der Waals surface area contributed by atoms with E-state index in [1.165, 1.54) is 30.5 Å². The minimum absolute atomic E-state index is 0.0360. The van der Waals surface area contributed by atoms with E-state index in [1.807, 2.05) is 12.1 Å². The number of hydrogen-bond acceptors (Lipinski definition) is 4. The Balaban J connectivity index is 1.33. The lowest BCUT2D eigenvalue weighted by Gasteiger charge is -2.23. The van der Waals surface area contributed by atoms with E-state index in [0.29, 0.717) is 0 Å². The Labute approximate surface area is 226 Å². The third-order valence-corrected chi connectivity index (χ3v) is 6.99. The average Bonchev–Trinajstić information content (AvgIpc) is 3.69. The van der Waals surface area contributed by atoms with Crippen molar-refractivity contribution in [1.29, 1.82) is 0 Å². The van der Waals surface area contributed by atoms with Gasteiger partial charge in [0, 0.05) is 0 Å². The summed E-state index contributed by atoms with van der Waals surface area (Å²) in [6.45, 7) is 2.16. The summed E-state index contributed by atoms with van der Waals surface area (Å²) in [5.74, 6) is -4.81. The van der Waals surface area contributed by atoms with Crippen molar-refractivity contribution in [2.24, 2.45) is 11.3 Å². The van der Waals surface area contributed by atoms with Gasteiger partial charge in [0.15, 0.2) is 5.41 Å². The molecule has 0 aliphatic heterocycles. The van der Waals surface area contributed by atoms with Crippen LogP contribution in [0.2, 0.25) is 0 Å². The predicted molar refractivity (Wildman–Crippen MR) is 135 cm³/mol. The van der Waals surface area contributed by atoms with E-state index in [0.717, 1.165) is 36.1 Å².